The van der Waals surface area contributed by atoms with Gasteiger partial charge in [0.15, 0.2) is 0 Å². The van der Waals surface area contributed by atoms with Crippen LogP contribution in [0.15, 0.2) is 23.1 Å². The second-order valence-electron chi connectivity index (χ2n) is 5.61. The van der Waals surface area contributed by atoms with E-state index >= 15 is 0 Å². The molecule has 3 atom stereocenters. The van der Waals surface area contributed by atoms with Crippen molar-refractivity contribution in [2.45, 2.75) is 44.2 Å². The topological polar surface area (TPSA) is 72.2 Å². The zero-order valence-electron chi connectivity index (χ0n) is 11.8. The first kappa shape index (κ1) is 15.8. The van der Waals surface area contributed by atoms with Crippen molar-refractivity contribution in [1.82, 2.24) is 4.72 Å². The number of rotatable bonds is 4. The van der Waals surface area contributed by atoms with E-state index in [-0.39, 0.29) is 16.0 Å². The molecular weight excluding hydrogens is 296 g/mol. The standard InChI is InChI=1S/C14H21ClN2O2S/c1-9-3-5-13(10(9)2)17-20(18,19)14-6-4-11(8-16)7-12(14)15/h4,6-7,9-10,13,17H,3,5,8,16H2,1-2H3. The van der Waals surface area contributed by atoms with Gasteiger partial charge in [0, 0.05) is 12.6 Å². The van der Waals surface area contributed by atoms with Crippen LogP contribution in [-0.2, 0) is 16.6 Å². The second-order valence-corrected chi connectivity index (χ2v) is 7.70. The molecule has 0 aliphatic heterocycles. The first-order chi connectivity index (χ1) is 9.35. The summed E-state index contributed by atoms with van der Waals surface area (Å²) in [5.41, 5.74) is 6.34. The predicted octanol–water partition coefficient (Wildman–Crippen LogP) is 2.51. The van der Waals surface area contributed by atoms with Gasteiger partial charge in [-0.3, -0.25) is 0 Å². The minimum absolute atomic E-state index is 0.0137. The minimum atomic E-state index is -3.58. The summed E-state index contributed by atoms with van der Waals surface area (Å²) >= 11 is 6.07. The van der Waals surface area contributed by atoms with E-state index in [9.17, 15) is 8.42 Å². The van der Waals surface area contributed by atoms with Gasteiger partial charge in [-0.1, -0.05) is 31.5 Å². The molecule has 0 amide bonds. The first-order valence-corrected chi connectivity index (χ1v) is 8.72. The Labute approximate surface area is 125 Å². The fraction of sp³-hybridized carbons (Fsp3) is 0.571. The molecule has 0 heterocycles. The molecule has 0 aromatic heterocycles. The Hall–Kier alpha value is -0.620. The highest BCUT2D eigenvalue weighted by Gasteiger charge is 2.33. The summed E-state index contributed by atoms with van der Waals surface area (Å²) in [5, 5.41) is 0.221. The number of benzene rings is 1. The summed E-state index contributed by atoms with van der Waals surface area (Å²) in [6, 6.07) is 4.81. The summed E-state index contributed by atoms with van der Waals surface area (Å²) < 4.78 is 27.7. The zero-order chi connectivity index (χ0) is 14.9. The van der Waals surface area contributed by atoms with E-state index < -0.39 is 10.0 Å². The Morgan fingerprint density at radius 3 is 2.55 bits per heavy atom. The maximum absolute atomic E-state index is 12.4. The van der Waals surface area contributed by atoms with E-state index in [1.54, 1.807) is 12.1 Å². The molecule has 3 unspecified atom stereocenters. The Bertz CT molecular complexity index is 589. The summed E-state index contributed by atoms with van der Waals surface area (Å²) in [6.45, 7) is 4.58. The van der Waals surface area contributed by atoms with Gasteiger partial charge in [-0.05, 0) is 42.4 Å². The van der Waals surface area contributed by atoms with Crippen LogP contribution < -0.4 is 10.5 Å². The van der Waals surface area contributed by atoms with E-state index in [2.05, 4.69) is 18.6 Å². The van der Waals surface area contributed by atoms with Gasteiger partial charge in [-0.2, -0.15) is 0 Å². The predicted molar refractivity (Wildman–Crippen MR) is 81.0 cm³/mol. The molecule has 1 aliphatic rings. The van der Waals surface area contributed by atoms with Crippen LogP contribution in [-0.4, -0.2) is 14.5 Å². The molecule has 0 radical (unpaired) electrons. The fourth-order valence-corrected chi connectivity index (χ4v) is 4.61. The third-order valence-corrected chi connectivity index (χ3v) is 6.27. The molecule has 4 nitrogen and oxygen atoms in total. The van der Waals surface area contributed by atoms with Crippen LogP contribution in [0.5, 0.6) is 0 Å². The molecular formula is C14H21ClN2O2S. The lowest BCUT2D eigenvalue weighted by molar-refractivity contribution is 0.402. The quantitative estimate of drug-likeness (QED) is 0.896. The van der Waals surface area contributed by atoms with Gasteiger partial charge in [0.05, 0.1) is 5.02 Å². The number of nitrogens with two attached hydrogens (primary N) is 1. The van der Waals surface area contributed by atoms with Crippen LogP contribution in [0.1, 0.15) is 32.3 Å². The smallest absolute Gasteiger partial charge is 0.242 e. The molecule has 0 saturated heterocycles. The van der Waals surface area contributed by atoms with Crippen LogP contribution in [0.2, 0.25) is 5.02 Å². The second kappa shape index (κ2) is 6.02. The Morgan fingerprint density at radius 2 is 2.05 bits per heavy atom. The molecule has 0 spiro atoms. The molecule has 1 aromatic carbocycles. The van der Waals surface area contributed by atoms with Crippen molar-refractivity contribution in [3.63, 3.8) is 0 Å². The van der Waals surface area contributed by atoms with Gasteiger partial charge in [-0.15, -0.1) is 0 Å². The van der Waals surface area contributed by atoms with Crippen molar-refractivity contribution in [3.05, 3.63) is 28.8 Å². The van der Waals surface area contributed by atoms with E-state index in [0.717, 1.165) is 18.4 Å². The number of hydrogen-bond donors (Lipinski definition) is 2. The highest BCUT2D eigenvalue weighted by Crippen LogP contribution is 2.32. The molecule has 1 saturated carbocycles. The number of halogens is 1. The molecule has 20 heavy (non-hydrogen) atoms. The number of hydrogen-bond acceptors (Lipinski definition) is 3. The molecule has 2 rings (SSSR count). The van der Waals surface area contributed by atoms with Gasteiger partial charge in [-0.25, -0.2) is 13.1 Å². The third-order valence-electron chi connectivity index (χ3n) is 4.29. The summed E-state index contributed by atoms with van der Waals surface area (Å²) in [4.78, 5) is 0.128. The maximum atomic E-state index is 12.4. The molecule has 3 N–H and O–H groups in total. The molecule has 1 aromatic rings. The van der Waals surface area contributed by atoms with Crippen LogP contribution in [0.4, 0.5) is 0 Å². The van der Waals surface area contributed by atoms with Crippen molar-refractivity contribution in [1.29, 1.82) is 0 Å². The minimum Gasteiger partial charge on any atom is -0.326 e. The highest BCUT2D eigenvalue weighted by atomic mass is 35.5. The Kier molecular flexibility index (Phi) is 4.74. The lowest BCUT2D eigenvalue weighted by Gasteiger charge is -2.20. The Morgan fingerprint density at radius 1 is 1.35 bits per heavy atom. The molecule has 1 aliphatic carbocycles. The first-order valence-electron chi connectivity index (χ1n) is 6.86. The van der Waals surface area contributed by atoms with Gasteiger partial charge in [0.25, 0.3) is 0 Å². The van der Waals surface area contributed by atoms with Gasteiger partial charge >= 0.3 is 0 Å². The molecule has 0 bridgehead atoms. The van der Waals surface area contributed by atoms with Crippen LogP contribution >= 0.6 is 11.6 Å². The van der Waals surface area contributed by atoms with Crippen molar-refractivity contribution in [3.8, 4) is 0 Å². The van der Waals surface area contributed by atoms with E-state index in [1.165, 1.54) is 6.07 Å². The number of sulfonamides is 1. The molecule has 1 fully saturated rings. The van der Waals surface area contributed by atoms with Crippen molar-refractivity contribution >= 4 is 21.6 Å². The van der Waals surface area contributed by atoms with Gasteiger partial charge in [0.1, 0.15) is 4.90 Å². The summed E-state index contributed by atoms with van der Waals surface area (Å²) in [7, 11) is -3.58. The van der Waals surface area contributed by atoms with E-state index in [0.29, 0.717) is 18.4 Å². The van der Waals surface area contributed by atoms with Gasteiger partial charge in [0.2, 0.25) is 10.0 Å². The highest BCUT2D eigenvalue weighted by molar-refractivity contribution is 7.89. The third kappa shape index (κ3) is 3.17. The number of nitrogens with one attached hydrogen (secondary N) is 1. The average molecular weight is 317 g/mol. The lowest BCUT2D eigenvalue weighted by atomic mass is 9.98. The van der Waals surface area contributed by atoms with Crippen LogP contribution in [0, 0.1) is 11.8 Å². The molecule has 6 heteroatoms. The summed E-state index contributed by atoms with van der Waals surface area (Å²) in [6.07, 6.45) is 1.92. The zero-order valence-corrected chi connectivity index (χ0v) is 13.3. The Balaban J connectivity index is 2.23. The average Bonchev–Trinajstić information content (AvgIpc) is 2.69. The van der Waals surface area contributed by atoms with E-state index in [1.807, 2.05) is 0 Å². The van der Waals surface area contributed by atoms with Crippen molar-refractivity contribution in [2.24, 2.45) is 17.6 Å². The van der Waals surface area contributed by atoms with Crippen molar-refractivity contribution in [2.75, 3.05) is 0 Å². The SMILES string of the molecule is CC1CCC(NS(=O)(=O)c2ccc(CN)cc2Cl)C1C. The lowest BCUT2D eigenvalue weighted by Crippen LogP contribution is -2.37. The van der Waals surface area contributed by atoms with Crippen LogP contribution in [0.3, 0.4) is 0 Å². The molecule has 112 valence electrons. The van der Waals surface area contributed by atoms with Gasteiger partial charge < -0.3 is 5.73 Å². The van der Waals surface area contributed by atoms with E-state index in [4.69, 9.17) is 17.3 Å². The van der Waals surface area contributed by atoms with Crippen molar-refractivity contribution < 1.29 is 8.42 Å². The van der Waals surface area contributed by atoms with Crippen LogP contribution in [0.25, 0.3) is 0 Å². The fourth-order valence-electron chi connectivity index (χ4n) is 2.68. The monoisotopic (exact) mass is 316 g/mol. The maximum Gasteiger partial charge on any atom is 0.242 e. The summed E-state index contributed by atoms with van der Waals surface area (Å²) in [5.74, 6) is 0.879. The largest absolute Gasteiger partial charge is 0.326 e. The normalized spacial score (nSPS) is 26.9.